The lowest BCUT2D eigenvalue weighted by molar-refractivity contribution is -0.118. The largest absolute Gasteiger partial charge is 0.298 e. The van der Waals surface area contributed by atoms with Gasteiger partial charge < -0.3 is 0 Å². The summed E-state index contributed by atoms with van der Waals surface area (Å²) >= 11 is 1.99. The normalized spacial score (nSPS) is 13.4. The second-order valence-electron chi connectivity index (χ2n) is 1.68. The average Bonchev–Trinajstić information content (AvgIpc) is 1.69. The van der Waals surface area contributed by atoms with Crippen LogP contribution >= 0.6 is 22.9 Å². The molecule has 0 aromatic carbocycles. The molecule has 0 amide bonds. The molecule has 0 fully saturated rings. The summed E-state index contributed by atoms with van der Waals surface area (Å²) in [6, 6.07) is 0.0515. The highest BCUT2D eigenvalue weighted by molar-refractivity contribution is 14.1. The number of ketones is 1. The van der Waals surface area contributed by atoms with Crippen LogP contribution in [0.3, 0.4) is 0 Å². The van der Waals surface area contributed by atoms with Gasteiger partial charge in [0, 0.05) is 22.9 Å². The van der Waals surface area contributed by atoms with Crippen molar-refractivity contribution in [3.63, 3.8) is 0 Å². The summed E-state index contributed by atoms with van der Waals surface area (Å²) in [5.74, 6) is 0.210. The van der Waals surface area contributed by atoms with Gasteiger partial charge in [-0.05, 0) is 13.3 Å². The first-order valence-electron chi connectivity index (χ1n) is 2.59. The van der Waals surface area contributed by atoms with E-state index < -0.39 is 0 Å². The van der Waals surface area contributed by atoms with E-state index >= 15 is 0 Å². The quantitative estimate of drug-likeness (QED) is 0.581. The number of carbonyl (C=O) groups excluding carboxylic acids is 1. The number of carbonyl (C=O) groups is 1. The van der Waals surface area contributed by atoms with Crippen LogP contribution < -0.4 is 3.53 Å². The van der Waals surface area contributed by atoms with E-state index in [4.69, 9.17) is 0 Å². The first-order valence-corrected chi connectivity index (χ1v) is 3.66. The van der Waals surface area contributed by atoms with Crippen molar-refractivity contribution in [3.8, 4) is 0 Å². The van der Waals surface area contributed by atoms with Gasteiger partial charge in [0.2, 0.25) is 0 Å². The van der Waals surface area contributed by atoms with E-state index in [1.807, 2.05) is 29.8 Å². The minimum atomic E-state index is 0.0515. The lowest BCUT2D eigenvalue weighted by Crippen LogP contribution is -2.26. The highest BCUT2D eigenvalue weighted by atomic mass is 127. The van der Waals surface area contributed by atoms with Crippen molar-refractivity contribution in [2.75, 3.05) is 0 Å². The minimum absolute atomic E-state index is 0.0515. The lowest BCUT2D eigenvalue weighted by atomic mass is 10.2. The molecule has 48 valence electrons. The Labute approximate surface area is 63.5 Å². The third kappa shape index (κ3) is 2.61. The molecule has 0 aromatic rings. The van der Waals surface area contributed by atoms with E-state index in [0.29, 0.717) is 0 Å². The molecule has 0 saturated carbocycles. The molecule has 0 bridgehead atoms. The van der Waals surface area contributed by atoms with Crippen LogP contribution in [0.5, 0.6) is 0 Å². The summed E-state index contributed by atoms with van der Waals surface area (Å²) in [6.07, 6.45) is 0.873. The maximum atomic E-state index is 10.5. The van der Waals surface area contributed by atoms with Gasteiger partial charge in [-0.15, -0.1) is 0 Å². The van der Waals surface area contributed by atoms with E-state index in [2.05, 4.69) is 3.53 Å². The number of hydrogen-bond acceptors (Lipinski definition) is 2. The third-order valence-electron chi connectivity index (χ3n) is 1.03. The Bertz CT molecular complexity index is 80.5. The summed E-state index contributed by atoms with van der Waals surface area (Å²) < 4.78 is 2.87. The van der Waals surface area contributed by atoms with Crippen molar-refractivity contribution in [3.05, 3.63) is 0 Å². The maximum Gasteiger partial charge on any atom is 0.147 e. The molecule has 1 N–H and O–H groups in total. The fourth-order valence-corrected chi connectivity index (χ4v) is 1.32. The SMILES string of the molecule is CC[C@H](NI)C(C)=O. The predicted molar refractivity (Wildman–Crippen MR) is 41.9 cm³/mol. The Morgan fingerprint density at radius 1 is 1.88 bits per heavy atom. The third-order valence-corrected chi connectivity index (χ3v) is 1.78. The molecule has 0 saturated heterocycles. The monoisotopic (exact) mass is 227 g/mol. The van der Waals surface area contributed by atoms with Crippen molar-refractivity contribution in [2.24, 2.45) is 0 Å². The van der Waals surface area contributed by atoms with Crippen LogP contribution in [0.1, 0.15) is 20.3 Å². The van der Waals surface area contributed by atoms with Crippen molar-refractivity contribution in [2.45, 2.75) is 26.3 Å². The molecule has 0 aliphatic rings. The van der Waals surface area contributed by atoms with E-state index in [9.17, 15) is 4.79 Å². The van der Waals surface area contributed by atoms with Gasteiger partial charge in [0.1, 0.15) is 5.78 Å². The van der Waals surface area contributed by atoms with Gasteiger partial charge in [0.15, 0.2) is 0 Å². The summed E-state index contributed by atoms with van der Waals surface area (Å²) in [5, 5.41) is 0. The van der Waals surface area contributed by atoms with Gasteiger partial charge in [-0.3, -0.25) is 8.32 Å². The number of halogens is 1. The average molecular weight is 227 g/mol. The van der Waals surface area contributed by atoms with Crippen LogP contribution in [0.15, 0.2) is 0 Å². The molecule has 0 aliphatic heterocycles. The van der Waals surface area contributed by atoms with Crippen LogP contribution in [0.25, 0.3) is 0 Å². The van der Waals surface area contributed by atoms with E-state index in [-0.39, 0.29) is 11.8 Å². The van der Waals surface area contributed by atoms with Crippen LogP contribution in [0, 0.1) is 0 Å². The second kappa shape index (κ2) is 4.26. The molecule has 3 heteroatoms. The van der Waals surface area contributed by atoms with Gasteiger partial charge in [-0.25, -0.2) is 0 Å². The zero-order valence-electron chi connectivity index (χ0n) is 5.07. The van der Waals surface area contributed by atoms with Gasteiger partial charge in [0.05, 0.1) is 6.04 Å². The summed E-state index contributed by atoms with van der Waals surface area (Å²) in [7, 11) is 0. The van der Waals surface area contributed by atoms with Crippen LogP contribution in [0.2, 0.25) is 0 Å². The summed E-state index contributed by atoms with van der Waals surface area (Å²) in [6.45, 7) is 3.58. The molecular weight excluding hydrogens is 217 g/mol. The van der Waals surface area contributed by atoms with Crippen LogP contribution in [-0.4, -0.2) is 11.8 Å². The van der Waals surface area contributed by atoms with Crippen molar-refractivity contribution in [1.29, 1.82) is 0 Å². The Kier molecular flexibility index (Phi) is 4.45. The predicted octanol–water partition coefficient (Wildman–Crippen LogP) is 1.29. The van der Waals surface area contributed by atoms with E-state index in [1.54, 1.807) is 6.92 Å². The molecule has 1 atom stereocenters. The van der Waals surface area contributed by atoms with Crippen molar-refractivity contribution < 1.29 is 4.79 Å². The van der Waals surface area contributed by atoms with Gasteiger partial charge in [-0.1, -0.05) is 6.92 Å². The van der Waals surface area contributed by atoms with Crippen molar-refractivity contribution in [1.82, 2.24) is 3.53 Å². The van der Waals surface area contributed by atoms with Gasteiger partial charge >= 0.3 is 0 Å². The number of nitrogens with one attached hydrogen (secondary N) is 1. The molecule has 0 unspecified atom stereocenters. The van der Waals surface area contributed by atoms with E-state index in [1.165, 1.54) is 0 Å². The lowest BCUT2D eigenvalue weighted by Gasteiger charge is -2.05. The molecular formula is C5H10INO. The molecule has 8 heavy (non-hydrogen) atoms. The first kappa shape index (κ1) is 8.36. The number of Topliss-reactive ketones (excluding diaryl/α,β-unsaturated/α-hetero) is 1. The highest BCUT2D eigenvalue weighted by Gasteiger charge is 2.06. The molecule has 0 heterocycles. The molecule has 0 aliphatic carbocycles. The number of hydrogen-bond donors (Lipinski definition) is 1. The molecule has 2 nitrogen and oxygen atoms in total. The first-order chi connectivity index (χ1) is 3.72. The molecule has 0 aromatic heterocycles. The smallest absolute Gasteiger partial charge is 0.147 e. The topological polar surface area (TPSA) is 29.1 Å². The Morgan fingerprint density at radius 2 is 2.38 bits per heavy atom. The fourth-order valence-electron chi connectivity index (χ4n) is 0.441. The Balaban J connectivity index is 3.52. The summed E-state index contributed by atoms with van der Waals surface area (Å²) in [4.78, 5) is 10.5. The Hall–Kier alpha value is 0.360. The maximum absolute atomic E-state index is 10.5. The molecule has 0 rings (SSSR count). The Morgan fingerprint density at radius 3 is 2.38 bits per heavy atom. The van der Waals surface area contributed by atoms with Gasteiger partial charge in [-0.2, -0.15) is 0 Å². The number of rotatable bonds is 3. The second-order valence-corrected chi connectivity index (χ2v) is 2.30. The minimum Gasteiger partial charge on any atom is -0.298 e. The molecule has 0 radical (unpaired) electrons. The standard InChI is InChI=1S/C5H10INO/c1-3-5(7-6)4(2)8/h5,7H,3H2,1-2H3/t5-/m0/s1. The van der Waals surface area contributed by atoms with E-state index in [0.717, 1.165) is 6.42 Å². The summed E-state index contributed by atoms with van der Waals surface area (Å²) in [5.41, 5.74) is 0. The molecule has 0 spiro atoms. The zero-order valence-corrected chi connectivity index (χ0v) is 7.23. The van der Waals surface area contributed by atoms with Crippen LogP contribution in [0.4, 0.5) is 0 Å². The van der Waals surface area contributed by atoms with Crippen LogP contribution in [-0.2, 0) is 4.79 Å². The van der Waals surface area contributed by atoms with Crippen molar-refractivity contribution >= 4 is 28.6 Å². The highest BCUT2D eigenvalue weighted by Crippen LogP contribution is 1.93. The fraction of sp³-hybridized carbons (Fsp3) is 0.800. The van der Waals surface area contributed by atoms with Gasteiger partial charge in [0.25, 0.3) is 0 Å². The zero-order chi connectivity index (χ0) is 6.57.